The van der Waals surface area contributed by atoms with Crippen molar-refractivity contribution >= 4 is 29.2 Å². The normalized spacial score (nSPS) is 11.7. The van der Waals surface area contributed by atoms with E-state index in [0.29, 0.717) is 27.9 Å². The van der Waals surface area contributed by atoms with E-state index in [9.17, 15) is 9.90 Å². The van der Waals surface area contributed by atoms with Gasteiger partial charge in [0.2, 0.25) is 0 Å². The Balaban J connectivity index is 1.49. The molecule has 0 bridgehead atoms. The number of nitrogens with zero attached hydrogens (tertiary/aromatic N) is 1. The third kappa shape index (κ3) is 6.59. The van der Waals surface area contributed by atoms with Crippen molar-refractivity contribution in [2.24, 2.45) is 0 Å². The van der Waals surface area contributed by atoms with Crippen LogP contribution in [0.2, 0.25) is 10.0 Å². The van der Waals surface area contributed by atoms with Gasteiger partial charge in [-0.15, -0.1) is 0 Å². The average Bonchev–Trinajstić information content (AvgIpc) is 2.75. The van der Waals surface area contributed by atoms with Gasteiger partial charge >= 0.3 is 5.97 Å². The SMILES string of the molecule is CC(Oc1ccc(-c2ncc(Cl)cc2Cl)cc1O)C(=O)OCCOCc1ccccc1. The fourth-order valence-electron chi connectivity index (χ4n) is 2.71. The van der Waals surface area contributed by atoms with E-state index in [0.717, 1.165) is 5.56 Å². The highest BCUT2D eigenvalue weighted by molar-refractivity contribution is 6.36. The molecular formula is C23H21Cl2NO5. The molecule has 3 rings (SSSR count). The van der Waals surface area contributed by atoms with Gasteiger partial charge in [0.05, 0.1) is 29.0 Å². The van der Waals surface area contributed by atoms with Crippen LogP contribution in [0.1, 0.15) is 12.5 Å². The number of halogens is 2. The minimum atomic E-state index is -0.914. The number of aromatic nitrogens is 1. The van der Waals surface area contributed by atoms with Gasteiger partial charge < -0.3 is 19.3 Å². The summed E-state index contributed by atoms with van der Waals surface area (Å²) in [5.41, 5.74) is 2.09. The van der Waals surface area contributed by atoms with E-state index < -0.39 is 12.1 Å². The molecule has 2 aromatic carbocycles. The van der Waals surface area contributed by atoms with Crippen LogP contribution in [0.15, 0.2) is 60.8 Å². The van der Waals surface area contributed by atoms with E-state index in [1.165, 1.54) is 25.3 Å². The van der Waals surface area contributed by atoms with Crippen LogP contribution < -0.4 is 4.74 Å². The lowest BCUT2D eigenvalue weighted by Crippen LogP contribution is -2.27. The first-order valence-electron chi connectivity index (χ1n) is 9.53. The van der Waals surface area contributed by atoms with Crippen LogP contribution >= 0.6 is 23.2 Å². The van der Waals surface area contributed by atoms with Gasteiger partial charge in [-0.05, 0) is 36.8 Å². The summed E-state index contributed by atoms with van der Waals surface area (Å²) in [6.07, 6.45) is 0.550. The smallest absolute Gasteiger partial charge is 0.347 e. The Hall–Kier alpha value is -2.80. The molecule has 1 N–H and O–H groups in total. The maximum Gasteiger partial charge on any atom is 0.347 e. The fraction of sp³-hybridized carbons (Fsp3) is 0.217. The number of hydrogen-bond donors (Lipinski definition) is 1. The maximum atomic E-state index is 12.1. The van der Waals surface area contributed by atoms with Crippen molar-refractivity contribution in [2.45, 2.75) is 19.6 Å². The average molecular weight is 462 g/mol. The fourth-order valence-corrected chi connectivity index (χ4v) is 3.20. The molecule has 0 aliphatic heterocycles. The Morgan fingerprint density at radius 1 is 1.10 bits per heavy atom. The summed E-state index contributed by atoms with van der Waals surface area (Å²) in [5, 5.41) is 11.1. The van der Waals surface area contributed by atoms with Gasteiger partial charge in [0.15, 0.2) is 17.6 Å². The number of hydrogen-bond acceptors (Lipinski definition) is 6. The second-order valence-electron chi connectivity index (χ2n) is 6.63. The maximum absolute atomic E-state index is 12.1. The first-order valence-corrected chi connectivity index (χ1v) is 10.3. The lowest BCUT2D eigenvalue weighted by atomic mass is 10.1. The van der Waals surface area contributed by atoms with Crippen molar-refractivity contribution in [2.75, 3.05) is 13.2 Å². The number of aromatic hydroxyl groups is 1. The summed E-state index contributed by atoms with van der Waals surface area (Å²) >= 11 is 12.0. The van der Waals surface area contributed by atoms with Crippen LogP contribution in [0.25, 0.3) is 11.3 Å². The van der Waals surface area contributed by atoms with Crippen LogP contribution in [-0.2, 0) is 20.9 Å². The van der Waals surface area contributed by atoms with Crippen molar-refractivity contribution < 1.29 is 24.1 Å². The summed E-state index contributed by atoms with van der Waals surface area (Å²) in [7, 11) is 0. The standard InChI is InChI=1S/C23H21Cl2NO5/c1-15(23(28)30-10-9-29-14-16-5-3-2-4-6-16)31-21-8-7-17(11-20(21)27)22-19(25)12-18(24)13-26-22/h2-8,11-13,15,27H,9-10,14H2,1H3. The molecule has 0 saturated carbocycles. The molecule has 0 aliphatic rings. The minimum absolute atomic E-state index is 0.102. The van der Waals surface area contributed by atoms with E-state index in [1.54, 1.807) is 12.1 Å². The summed E-state index contributed by atoms with van der Waals surface area (Å²) < 4.78 is 16.2. The molecule has 1 unspecified atom stereocenters. The van der Waals surface area contributed by atoms with Gasteiger partial charge in [0.1, 0.15) is 6.61 Å². The number of benzene rings is 2. The molecule has 1 atom stereocenters. The molecule has 6 nitrogen and oxygen atoms in total. The molecule has 0 spiro atoms. The Kier molecular flexibility index (Phi) is 8.12. The zero-order valence-electron chi connectivity index (χ0n) is 16.8. The number of esters is 1. The molecule has 1 heterocycles. The monoisotopic (exact) mass is 461 g/mol. The van der Waals surface area contributed by atoms with E-state index in [4.69, 9.17) is 37.4 Å². The molecule has 8 heteroatoms. The summed E-state index contributed by atoms with van der Waals surface area (Å²) in [4.78, 5) is 16.3. The predicted molar refractivity (Wildman–Crippen MR) is 119 cm³/mol. The number of phenols is 1. The summed E-state index contributed by atoms with van der Waals surface area (Å²) in [6.45, 7) is 2.35. The molecule has 0 saturated heterocycles. The molecule has 0 fully saturated rings. The van der Waals surface area contributed by atoms with Crippen molar-refractivity contribution in [1.82, 2.24) is 4.98 Å². The van der Waals surface area contributed by atoms with Gasteiger partial charge in [-0.25, -0.2) is 4.79 Å². The lowest BCUT2D eigenvalue weighted by Gasteiger charge is -2.15. The van der Waals surface area contributed by atoms with E-state index >= 15 is 0 Å². The van der Waals surface area contributed by atoms with Gasteiger partial charge in [0, 0.05) is 11.8 Å². The van der Waals surface area contributed by atoms with Crippen LogP contribution in [0.5, 0.6) is 11.5 Å². The predicted octanol–water partition coefficient (Wildman–Crippen LogP) is 5.29. The topological polar surface area (TPSA) is 77.9 Å². The first kappa shape index (κ1) is 22.9. The van der Waals surface area contributed by atoms with E-state index in [-0.39, 0.29) is 24.7 Å². The third-order valence-corrected chi connectivity index (χ3v) is 4.75. The molecule has 31 heavy (non-hydrogen) atoms. The van der Waals surface area contributed by atoms with E-state index in [1.807, 2.05) is 30.3 Å². The molecule has 0 aliphatic carbocycles. The molecule has 0 radical (unpaired) electrons. The lowest BCUT2D eigenvalue weighted by molar-refractivity contribution is -0.152. The molecule has 1 aromatic heterocycles. The van der Waals surface area contributed by atoms with Crippen molar-refractivity contribution in [3.63, 3.8) is 0 Å². The van der Waals surface area contributed by atoms with Crippen LogP contribution in [0.4, 0.5) is 0 Å². The first-order chi connectivity index (χ1) is 14.9. The number of pyridine rings is 1. The highest BCUT2D eigenvalue weighted by Gasteiger charge is 2.19. The molecule has 3 aromatic rings. The molecular weight excluding hydrogens is 441 g/mol. The zero-order valence-corrected chi connectivity index (χ0v) is 18.3. The van der Waals surface area contributed by atoms with Crippen LogP contribution in [0.3, 0.4) is 0 Å². The number of ether oxygens (including phenoxy) is 3. The van der Waals surface area contributed by atoms with Gasteiger partial charge in [-0.1, -0.05) is 53.5 Å². The Bertz CT molecular complexity index is 1030. The Labute approximate surface area is 190 Å². The second-order valence-corrected chi connectivity index (χ2v) is 7.48. The minimum Gasteiger partial charge on any atom is -0.504 e. The van der Waals surface area contributed by atoms with Crippen LogP contribution in [-0.4, -0.2) is 35.4 Å². The van der Waals surface area contributed by atoms with Crippen molar-refractivity contribution in [1.29, 1.82) is 0 Å². The number of carbonyl (C=O) groups excluding carboxylic acids is 1. The van der Waals surface area contributed by atoms with Crippen LogP contribution in [0, 0.1) is 0 Å². The van der Waals surface area contributed by atoms with Crippen molar-refractivity contribution in [3.05, 3.63) is 76.4 Å². The molecule has 0 amide bonds. The van der Waals surface area contributed by atoms with Crippen molar-refractivity contribution in [3.8, 4) is 22.8 Å². The number of rotatable bonds is 9. The zero-order chi connectivity index (χ0) is 22.2. The third-order valence-electron chi connectivity index (χ3n) is 4.26. The van der Waals surface area contributed by atoms with Gasteiger partial charge in [-0.3, -0.25) is 4.98 Å². The van der Waals surface area contributed by atoms with Gasteiger partial charge in [-0.2, -0.15) is 0 Å². The quantitative estimate of drug-likeness (QED) is 0.344. The number of carbonyl (C=O) groups is 1. The molecule has 162 valence electrons. The summed E-state index contributed by atoms with van der Waals surface area (Å²) in [5.74, 6) is -0.580. The van der Waals surface area contributed by atoms with E-state index in [2.05, 4.69) is 4.98 Å². The Morgan fingerprint density at radius 2 is 1.87 bits per heavy atom. The largest absolute Gasteiger partial charge is 0.504 e. The highest BCUT2D eigenvalue weighted by atomic mass is 35.5. The highest BCUT2D eigenvalue weighted by Crippen LogP contribution is 2.34. The summed E-state index contributed by atoms with van der Waals surface area (Å²) in [6, 6.07) is 15.9. The number of phenolic OH excluding ortho intramolecular Hbond substituents is 1. The Morgan fingerprint density at radius 3 is 2.58 bits per heavy atom. The second kappa shape index (κ2) is 11.0. The van der Waals surface area contributed by atoms with Gasteiger partial charge in [0.25, 0.3) is 0 Å².